The summed E-state index contributed by atoms with van der Waals surface area (Å²) < 4.78 is 30.6. The highest BCUT2D eigenvalue weighted by molar-refractivity contribution is 7.84. The minimum atomic E-state index is -1.85. The van der Waals surface area contributed by atoms with E-state index in [2.05, 4.69) is 0 Å². The van der Waals surface area contributed by atoms with Crippen molar-refractivity contribution in [3.63, 3.8) is 0 Å². The first kappa shape index (κ1) is 14.9. The minimum absolute atomic E-state index is 0.115. The lowest BCUT2D eigenvalue weighted by molar-refractivity contribution is -0.387. The molecule has 0 amide bonds. The van der Waals surface area contributed by atoms with Gasteiger partial charge < -0.3 is 9.52 Å². The van der Waals surface area contributed by atoms with Crippen molar-refractivity contribution in [1.82, 2.24) is 0 Å². The van der Waals surface area contributed by atoms with Crippen molar-refractivity contribution in [1.29, 1.82) is 0 Å². The lowest BCUT2D eigenvalue weighted by Crippen LogP contribution is -2.01. The summed E-state index contributed by atoms with van der Waals surface area (Å²) in [5.41, 5.74) is -0.828. The Morgan fingerprint density at radius 2 is 2.10 bits per heavy atom. The summed E-state index contributed by atoms with van der Waals surface area (Å²) in [5, 5.41) is 19.2. The highest BCUT2D eigenvalue weighted by atomic mass is 32.2. The minimum Gasteiger partial charge on any atom is -0.475 e. The molecule has 110 valence electrons. The molecule has 0 aliphatic heterocycles. The molecule has 0 bridgehead atoms. The molecule has 0 fully saturated rings. The molecule has 1 N–H and O–H groups in total. The molecule has 1 unspecified atom stereocenters. The van der Waals surface area contributed by atoms with Crippen LogP contribution in [0.15, 0.2) is 39.8 Å². The van der Waals surface area contributed by atoms with E-state index in [4.69, 9.17) is 9.52 Å². The van der Waals surface area contributed by atoms with E-state index in [1.54, 1.807) is 0 Å². The number of furan rings is 1. The molecule has 1 heterocycles. The van der Waals surface area contributed by atoms with E-state index in [0.717, 1.165) is 12.1 Å². The number of benzene rings is 1. The molecule has 0 spiro atoms. The summed E-state index contributed by atoms with van der Waals surface area (Å²) in [5.74, 6) is -3.14. The number of halogens is 1. The van der Waals surface area contributed by atoms with Crippen LogP contribution in [0.2, 0.25) is 0 Å². The lowest BCUT2D eigenvalue weighted by atomic mass is 10.2. The predicted octanol–water partition coefficient (Wildman–Crippen LogP) is 2.33. The number of rotatable bonds is 5. The van der Waals surface area contributed by atoms with E-state index < -0.39 is 39.0 Å². The van der Waals surface area contributed by atoms with Crippen LogP contribution in [-0.4, -0.2) is 20.2 Å². The number of hydrogen-bond donors (Lipinski definition) is 1. The van der Waals surface area contributed by atoms with Crippen LogP contribution >= 0.6 is 0 Å². The molecule has 2 rings (SSSR count). The number of aromatic carboxylic acids is 1. The molecule has 1 aromatic carbocycles. The summed E-state index contributed by atoms with van der Waals surface area (Å²) in [4.78, 5) is 20.4. The van der Waals surface area contributed by atoms with Gasteiger partial charge in [-0.25, -0.2) is 4.79 Å². The Balaban J connectivity index is 2.25. The average Bonchev–Trinajstić information content (AvgIpc) is 2.90. The van der Waals surface area contributed by atoms with Gasteiger partial charge in [0.1, 0.15) is 0 Å². The van der Waals surface area contributed by atoms with E-state index in [9.17, 15) is 23.5 Å². The van der Waals surface area contributed by atoms with Crippen molar-refractivity contribution in [2.24, 2.45) is 0 Å². The molecule has 0 saturated heterocycles. The van der Waals surface area contributed by atoms with E-state index >= 15 is 0 Å². The Labute approximate surface area is 119 Å². The van der Waals surface area contributed by atoms with Crippen LogP contribution in [-0.2, 0) is 16.6 Å². The second-order valence-electron chi connectivity index (χ2n) is 3.92. The maximum atomic E-state index is 13.8. The smallest absolute Gasteiger partial charge is 0.371 e. The predicted molar refractivity (Wildman–Crippen MR) is 68.8 cm³/mol. The largest absolute Gasteiger partial charge is 0.475 e. The molecule has 9 heteroatoms. The van der Waals surface area contributed by atoms with Gasteiger partial charge in [-0.15, -0.1) is 0 Å². The van der Waals surface area contributed by atoms with Gasteiger partial charge in [-0.05, 0) is 12.1 Å². The first-order chi connectivity index (χ1) is 9.90. The molecule has 1 aromatic heterocycles. The molecule has 21 heavy (non-hydrogen) atoms. The Morgan fingerprint density at radius 3 is 2.67 bits per heavy atom. The van der Waals surface area contributed by atoms with Crippen molar-refractivity contribution in [2.75, 3.05) is 0 Å². The number of nitrogens with zero attached hydrogens (tertiary/aromatic N) is 1. The zero-order chi connectivity index (χ0) is 15.6. The highest BCUT2D eigenvalue weighted by Crippen LogP contribution is 2.23. The summed E-state index contributed by atoms with van der Waals surface area (Å²) >= 11 is 0. The average molecular weight is 313 g/mol. The molecular formula is C12H8FNO6S. The molecule has 0 radical (unpaired) electrons. The van der Waals surface area contributed by atoms with Crippen LogP contribution in [0.25, 0.3) is 0 Å². The molecule has 0 saturated carbocycles. The molecule has 7 nitrogen and oxygen atoms in total. The fourth-order valence-corrected chi connectivity index (χ4v) is 2.64. The molecule has 0 aliphatic rings. The molecule has 1 atom stereocenters. The second kappa shape index (κ2) is 5.83. The third-order valence-electron chi connectivity index (χ3n) is 2.56. The normalized spacial score (nSPS) is 12.0. The summed E-state index contributed by atoms with van der Waals surface area (Å²) in [7, 11) is -1.85. The number of carbonyl (C=O) groups is 1. The lowest BCUT2D eigenvalue weighted by Gasteiger charge is -2.02. The van der Waals surface area contributed by atoms with Gasteiger partial charge in [0.15, 0.2) is 5.09 Å². The fourth-order valence-electron chi connectivity index (χ4n) is 1.59. The van der Waals surface area contributed by atoms with E-state index in [1.807, 2.05) is 0 Å². The maximum Gasteiger partial charge on any atom is 0.371 e. The van der Waals surface area contributed by atoms with Crippen LogP contribution in [0.1, 0.15) is 16.1 Å². The second-order valence-corrected chi connectivity index (χ2v) is 5.30. The van der Waals surface area contributed by atoms with Crippen molar-refractivity contribution in [2.45, 2.75) is 10.8 Å². The molecule has 2 aromatic rings. The van der Waals surface area contributed by atoms with Crippen LogP contribution in [0.5, 0.6) is 0 Å². The van der Waals surface area contributed by atoms with Crippen LogP contribution < -0.4 is 0 Å². The summed E-state index contributed by atoms with van der Waals surface area (Å²) in [6.07, 6.45) is 0. The highest BCUT2D eigenvalue weighted by Gasteiger charge is 2.20. The van der Waals surface area contributed by atoms with Gasteiger partial charge in [0.05, 0.1) is 21.5 Å². The zero-order valence-electron chi connectivity index (χ0n) is 10.3. The van der Waals surface area contributed by atoms with Crippen LogP contribution in [0.4, 0.5) is 10.1 Å². The third kappa shape index (κ3) is 3.14. The van der Waals surface area contributed by atoms with Gasteiger partial charge in [-0.2, -0.15) is 4.39 Å². The Bertz CT molecular complexity index is 741. The fraction of sp³-hybridized carbons (Fsp3) is 0.0833. The first-order valence-electron chi connectivity index (χ1n) is 5.53. The van der Waals surface area contributed by atoms with E-state index in [0.29, 0.717) is 0 Å². The molecular weight excluding hydrogens is 305 g/mol. The number of nitro benzene ring substituents is 1. The van der Waals surface area contributed by atoms with E-state index in [1.165, 1.54) is 18.2 Å². The Morgan fingerprint density at radius 1 is 1.38 bits per heavy atom. The van der Waals surface area contributed by atoms with Crippen molar-refractivity contribution in [3.05, 3.63) is 57.6 Å². The molecule has 0 aliphatic carbocycles. The first-order valence-corrected chi connectivity index (χ1v) is 6.85. The standard InChI is InChI=1S/C12H8FNO6S/c13-11-7(2-1-3-8(11)14(17)18)6-21(19)10-5-4-9(20-10)12(15)16/h1-5H,6H2,(H,15,16). The monoisotopic (exact) mass is 313 g/mol. The van der Waals surface area contributed by atoms with Gasteiger partial charge in [0.2, 0.25) is 11.6 Å². The van der Waals surface area contributed by atoms with Gasteiger partial charge in [-0.1, -0.05) is 12.1 Å². The number of hydrogen-bond acceptors (Lipinski definition) is 5. The third-order valence-corrected chi connectivity index (χ3v) is 3.80. The SMILES string of the molecule is O=C(O)c1ccc(S(=O)Cc2cccc([N+](=O)[O-])c2F)o1. The number of carboxylic acid groups (broad SMARTS) is 1. The van der Waals surface area contributed by atoms with Crippen LogP contribution in [0, 0.1) is 15.9 Å². The van der Waals surface area contributed by atoms with Gasteiger partial charge in [0.25, 0.3) is 0 Å². The topological polar surface area (TPSA) is 111 Å². The van der Waals surface area contributed by atoms with Gasteiger partial charge in [-0.3, -0.25) is 14.3 Å². The Hall–Kier alpha value is -2.55. The quantitative estimate of drug-likeness (QED) is 0.670. The van der Waals surface area contributed by atoms with Crippen molar-refractivity contribution >= 4 is 22.5 Å². The summed E-state index contributed by atoms with van der Waals surface area (Å²) in [6, 6.07) is 5.87. The Kier molecular flexibility index (Phi) is 4.13. The maximum absolute atomic E-state index is 13.8. The van der Waals surface area contributed by atoms with Crippen molar-refractivity contribution in [3.8, 4) is 0 Å². The number of nitro groups is 1. The number of carboxylic acids is 1. The van der Waals surface area contributed by atoms with Gasteiger partial charge in [0, 0.05) is 11.6 Å². The summed E-state index contributed by atoms with van der Waals surface area (Å²) in [6.45, 7) is 0. The van der Waals surface area contributed by atoms with Crippen molar-refractivity contribution < 1.29 is 27.8 Å². The van der Waals surface area contributed by atoms with Crippen LogP contribution in [0.3, 0.4) is 0 Å². The van der Waals surface area contributed by atoms with Gasteiger partial charge >= 0.3 is 11.7 Å². The zero-order valence-corrected chi connectivity index (χ0v) is 11.1. The van der Waals surface area contributed by atoms with E-state index in [-0.39, 0.29) is 16.4 Å².